The number of methoxy groups -OCH3 is 1. The van der Waals surface area contributed by atoms with Crippen LogP contribution in [0, 0.1) is 0 Å². The van der Waals surface area contributed by atoms with E-state index in [1.165, 1.54) is 0 Å². The summed E-state index contributed by atoms with van der Waals surface area (Å²) in [5.74, 6) is 0.589. The summed E-state index contributed by atoms with van der Waals surface area (Å²) in [6.07, 6.45) is 3.86. The van der Waals surface area contributed by atoms with Gasteiger partial charge in [-0.1, -0.05) is 0 Å². The summed E-state index contributed by atoms with van der Waals surface area (Å²) in [6, 6.07) is 0.198. The average Bonchev–Trinajstić information content (AvgIpc) is 2.82. The van der Waals surface area contributed by atoms with Crippen molar-refractivity contribution >= 4 is 5.96 Å². The molecular formula is C10H17N5O. The molecule has 1 atom stereocenters. The van der Waals surface area contributed by atoms with Crippen LogP contribution in [0.1, 0.15) is 11.6 Å². The van der Waals surface area contributed by atoms with Gasteiger partial charge in [0.25, 0.3) is 0 Å². The molecule has 2 N–H and O–H groups in total. The van der Waals surface area contributed by atoms with Crippen molar-refractivity contribution in [1.82, 2.24) is 14.7 Å². The second-order valence-corrected chi connectivity index (χ2v) is 3.85. The summed E-state index contributed by atoms with van der Waals surface area (Å²) in [6.45, 7) is 2.10. The zero-order valence-corrected chi connectivity index (χ0v) is 9.63. The molecule has 1 aromatic rings. The van der Waals surface area contributed by atoms with Gasteiger partial charge in [0.2, 0.25) is 0 Å². The summed E-state index contributed by atoms with van der Waals surface area (Å²) >= 11 is 0. The van der Waals surface area contributed by atoms with Gasteiger partial charge in [-0.15, -0.1) is 0 Å². The fraction of sp³-hybridized carbons (Fsp3) is 0.600. The van der Waals surface area contributed by atoms with Crippen LogP contribution in [-0.2, 0) is 11.8 Å². The van der Waals surface area contributed by atoms with Crippen molar-refractivity contribution in [2.75, 3.05) is 26.8 Å². The summed E-state index contributed by atoms with van der Waals surface area (Å²) in [7, 11) is 3.59. The van der Waals surface area contributed by atoms with Crippen LogP contribution in [0.3, 0.4) is 0 Å². The molecule has 0 saturated heterocycles. The lowest BCUT2D eigenvalue weighted by Crippen LogP contribution is -2.38. The van der Waals surface area contributed by atoms with Gasteiger partial charge < -0.3 is 15.4 Å². The molecule has 1 unspecified atom stereocenters. The maximum absolute atomic E-state index is 5.85. The highest BCUT2D eigenvalue weighted by Gasteiger charge is 2.27. The molecule has 1 aliphatic heterocycles. The maximum atomic E-state index is 5.85. The van der Waals surface area contributed by atoms with E-state index in [1.54, 1.807) is 11.8 Å². The van der Waals surface area contributed by atoms with E-state index in [9.17, 15) is 0 Å². The van der Waals surface area contributed by atoms with Gasteiger partial charge in [0.15, 0.2) is 5.96 Å². The molecule has 0 saturated carbocycles. The van der Waals surface area contributed by atoms with E-state index < -0.39 is 0 Å². The molecule has 0 bridgehead atoms. The van der Waals surface area contributed by atoms with E-state index >= 15 is 0 Å². The van der Waals surface area contributed by atoms with Gasteiger partial charge in [0.05, 0.1) is 25.4 Å². The number of ether oxygens (including phenoxy) is 1. The fourth-order valence-electron chi connectivity index (χ4n) is 1.89. The highest BCUT2D eigenvalue weighted by atomic mass is 16.5. The number of nitrogens with two attached hydrogens (primary N) is 1. The summed E-state index contributed by atoms with van der Waals surface area (Å²) in [4.78, 5) is 6.32. The minimum atomic E-state index is 0.198. The smallest absolute Gasteiger partial charge is 0.192 e. The van der Waals surface area contributed by atoms with Crippen molar-refractivity contribution in [2.45, 2.75) is 6.04 Å². The average molecular weight is 223 g/mol. The Balaban J connectivity index is 2.10. The van der Waals surface area contributed by atoms with Gasteiger partial charge in [0.1, 0.15) is 0 Å². The van der Waals surface area contributed by atoms with Crippen molar-refractivity contribution in [2.24, 2.45) is 17.8 Å². The molecule has 2 heterocycles. The van der Waals surface area contributed by atoms with Crippen LogP contribution in [0.2, 0.25) is 0 Å². The third kappa shape index (κ3) is 2.01. The Labute approximate surface area is 94.7 Å². The number of hydrogen-bond donors (Lipinski definition) is 1. The number of hydrogen-bond acceptors (Lipinski definition) is 5. The molecule has 16 heavy (non-hydrogen) atoms. The lowest BCUT2D eigenvalue weighted by molar-refractivity contribution is 0.166. The number of aromatic nitrogens is 2. The van der Waals surface area contributed by atoms with Crippen molar-refractivity contribution in [3.63, 3.8) is 0 Å². The molecule has 0 aromatic carbocycles. The minimum absolute atomic E-state index is 0.198. The van der Waals surface area contributed by atoms with E-state index in [4.69, 9.17) is 10.5 Å². The van der Waals surface area contributed by atoms with Crippen LogP contribution in [0.15, 0.2) is 17.4 Å². The van der Waals surface area contributed by atoms with Crippen molar-refractivity contribution in [3.8, 4) is 0 Å². The Kier molecular flexibility index (Phi) is 3.09. The molecule has 88 valence electrons. The van der Waals surface area contributed by atoms with Crippen LogP contribution >= 0.6 is 0 Å². The van der Waals surface area contributed by atoms with Crippen LogP contribution in [0.4, 0.5) is 0 Å². The number of aliphatic imine (C=N–C) groups is 1. The van der Waals surface area contributed by atoms with E-state index in [2.05, 4.69) is 15.0 Å². The first kappa shape index (κ1) is 10.9. The first-order valence-electron chi connectivity index (χ1n) is 5.26. The van der Waals surface area contributed by atoms with Gasteiger partial charge in [-0.2, -0.15) is 5.10 Å². The zero-order chi connectivity index (χ0) is 11.5. The summed E-state index contributed by atoms with van der Waals surface area (Å²) in [5, 5.41) is 4.17. The first-order valence-corrected chi connectivity index (χ1v) is 5.26. The SMILES string of the molecule is COCCN1C(N)=NCC1c1cnn(C)c1. The minimum Gasteiger partial charge on any atom is -0.383 e. The number of aryl methyl sites for hydroxylation is 1. The quantitative estimate of drug-likeness (QED) is 0.763. The second-order valence-electron chi connectivity index (χ2n) is 3.85. The first-order chi connectivity index (χ1) is 7.72. The molecule has 1 aromatic heterocycles. The van der Waals surface area contributed by atoms with Gasteiger partial charge in [-0.3, -0.25) is 9.67 Å². The van der Waals surface area contributed by atoms with Gasteiger partial charge >= 0.3 is 0 Å². The molecule has 2 rings (SSSR count). The number of rotatable bonds is 4. The lowest BCUT2D eigenvalue weighted by Gasteiger charge is -2.24. The fourth-order valence-corrected chi connectivity index (χ4v) is 1.89. The number of nitrogens with zero attached hydrogens (tertiary/aromatic N) is 4. The molecule has 6 heteroatoms. The Morgan fingerprint density at radius 2 is 2.44 bits per heavy atom. The normalized spacial score (nSPS) is 20.2. The Bertz CT molecular complexity index is 386. The van der Waals surface area contributed by atoms with E-state index in [0.29, 0.717) is 19.1 Å². The molecule has 0 amide bonds. The molecule has 0 fully saturated rings. The van der Waals surface area contributed by atoms with Crippen molar-refractivity contribution in [1.29, 1.82) is 0 Å². The zero-order valence-electron chi connectivity index (χ0n) is 9.63. The third-order valence-electron chi connectivity index (χ3n) is 2.74. The van der Waals surface area contributed by atoms with Crippen molar-refractivity contribution < 1.29 is 4.74 Å². The van der Waals surface area contributed by atoms with Crippen LogP contribution in [0.5, 0.6) is 0 Å². The molecular weight excluding hydrogens is 206 g/mol. The summed E-state index contributed by atoms with van der Waals surface area (Å²) < 4.78 is 6.86. The van der Waals surface area contributed by atoms with Gasteiger partial charge in [-0.05, 0) is 0 Å². The maximum Gasteiger partial charge on any atom is 0.192 e. The van der Waals surface area contributed by atoms with E-state index in [0.717, 1.165) is 12.1 Å². The Morgan fingerprint density at radius 1 is 1.62 bits per heavy atom. The molecule has 0 spiro atoms. The molecule has 6 nitrogen and oxygen atoms in total. The monoisotopic (exact) mass is 223 g/mol. The topological polar surface area (TPSA) is 68.7 Å². The second kappa shape index (κ2) is 4.52. The van der Waals surface area contributed by atoms with Crippen LogP contribution in [-0.4, -0.2) is 47.4 Å². The molecule has 1 aliphatic rings. The predicted octanol–water partition coefficient (Wildman–Crippen LogP) is -0.262. The van der Waals surface area contributed by atoms with Gasteiger partial charge in [0, 0.05) is 32.5 Å². The van der Waals surface area contributed by atoms with Crippen LogP contribution < -0.4 is 5.73 Å². The van der Waals surface area contributed by atoms with E-state index in [-0.39, 0.29) is 6.04 Å². The predicted molar refractivity (Wildman–Crippen MR) is 61.0 cm³/mol. The highest BCUT2D eigenvalue weighted by molar-refractivity contribution is 5.80. The van der Waals surface area contributed by atoms with Crippen LogP contribution in [0.25, 0.3) is 0 Å². The Morgan fingerprint density at radius 3 is 3.06 bits per heavy atom. The molecule has 0 aliphatic carbocycles. The Hall–Kier alpha value is -1.56. The standard InChI is InChI=1S/C10H17N5O/c1-14-7-8(5-13-14)9-6-12-10(11)15(9)3-4-16-2/h5,7,9H,3-4,6H2,1-2H3,(H2,11,12). The lowest BCUT2D eigenvalue weighted by atomic mass is 10.1. The largest absolute Gasteiger partial charge is 0.383 e. The number of guanidine groups is 1. The van der Waals surface area contributed by atoms with Gasteiger partial charge in [-0.25, -0.2) is 0 Å². The van der Waals surface area contributed by atoms with E-state index in [1.807, 2.05) is 19.4 Å². The van der Waals surface area contributed by atoms with Crippen molar-refractivity contribution in [3.05, 3.63) is 18.0 Å². The highest BCUT2D eigenvalue weighted by Crippen LogP contribution is 2.24. The summed E-state index contributed by atoms with van der Waals surface area (Å²) in [5.41, 5.74) is 6.99. The third-order valence-corrected chi connectivity index (χ3v) is 2.74. The molecule has 0 radical (unpaired) electrons.